The lowest BCUT2D eigenvalue weighted by Gasteiger charge is -2.26. The minimum absolute atomic E-state index is 0.256. The smallest absolute Gasteiger partial charge is 0.334 e. The maximum Gasteiger partial charge on any atom is 0.334 e. The van der Waals surface area contributed by atoms with E-state index in [0.717, 1.165) is 0 Å². The van der Waals surface area contributed by atoms with Crippen LogP contribution in [0, 0.1) is 5.41 Å². The Morgan fingerprint density at radius 3 is 2.71 bits per heavy atom. The fraction of sp³-hybridized carbons (Fsp3) is 0.312. The Kier molecular flexibility index (Phi) is 4.52. The average Bonchev–Trinajstić information content (AvgIpc) is 2.48. The first-order valence-electron chi connectivity index (χ1n) is 6.73. The van der Waals surface area contributed by atoms with Crippen LogP contribution in [0.3, 0.4) is 0 Å². The van der Waals surface area contributed by atoms with Gasteiger partial charge >= 0.3 is 11.9 Å². The molecule has 0 spiro atoms. The van der Waals surface area contributed by atoms with E-state index in [4.69, 9.17) is 9.47 Å². The van der Waals surface area contributed by atoms with Gasteiger partial charge in [-0.25, -0.2) is 4.79 Å². The van der Waals surface area contributed by atoms with Gasteiger partial charge in [0.1, 0.15) is 5.75 Å². The summed E-state index contributed by atoms with van der Waals surface area (Å²) in [5, 5.41) is 0. The molecule has 1 aromatic heterocycles. The van der Waals surface area contributed by atoms with E-state index < -0.39 is 17.4 Å². The number of carbonyl (C=O) groups is 2. The van der Waals surface area contributed by atoms with Gasteiger partial charge in [-0.05, 0) is 32.4 Å². The largest absolute Gasteiger partial charge is 0.463 e. The Labute approximate surface area is 123 Å². The topological polar surface area (TPSA) is 65.5 Å². The molecule has 1 unspecified atom stereocenters. The quantitative estimate of drug-likeness (QED) is 0.796. The first-order chi connectivity index (χ1) is 10.0. The predicted molar refractivity (Wildman–Crippen MR) is 76.5 cm³/mol. The van der Waals surface area contributed by atoms with Crippen LogP contribution in [-0.2, 0) is 14.3 Å². The van der Waals surface area contributed by atoms with E-state index in [0.29, 0.717) is 17.9 Å². The van der Waals surface area contributed by atoms with Crippen LogP contribution in [0.1, 0.15) is 20.3 Å². The average molecular weight is 287 g/mol. The fourth-order valence-corrected chi connectivity index (χ4v) is 2.02. The van der Waals surface area contributed by atoms with Gasteiger partial charge in [-0.2, -0.15) is 0 Å². The SMILES string of the molecule is CCOC(=O)C1=CC=CC(C)(C(=O)Oc2ccncc2)C1. The van der Waals surface area contributed by atoms with Gasteiger partial charge in [-0.3, -0.25) is 9.78 Å². The molecule has 21 heavy (non-hydrogen) atoms. The molecule has 0 aromatic carbocycles. The lowest BCUT2D eigenvalue weighted by molar-refractivity contribution is -0.143. The zero-order valence-corrected chi connectivity index (χ0v) is 12.0. The fourth-order valence-electron chi connectivity index (χ4n) is 2.02. The lowest BCUT2D eigenvalue weighted by Crippen LogP contribution is -2.33. The van der Waals surface area contributed by atoms with Crippen molar-refractivity contribution in [2.24, 2.45) is 5.41 Å². The number of carbonyl (C=O) groups excluding carboxylic acids is 2. The van der Waals surface area contributed by atoms with Crippen molar-refractivity contribution in [2.45, 2.75) is 20.3 Å². The van der Waals surface area contributed by atoms with Gasteiger partial charge in [0.15, 0.2) is 0 Å². The number of hydrogen-bond donors (Lipinski definition) is 0. The summed E-state index contributed by atoms with van der Waals surface area (Å²) in [6.07, 6.45) is 8.44. The molecule has 2 rings (SSSR count). The van der Waals surface area contributed by atoms with Crippen molar-refractivity contribution in [2.75, 3.05) is 6.61 Å². The molecule has 0 bridgehead atoms. The molecule has 1 aliphatic rings. The number of nitrogens with zero attached hydrogens (tertiary/aromatic N) is 1. The summed E-state index contributed by atoms with van der Waals surface area (Å²) >= 11 is 0. The van der Waals surface area contributed by atoms with Crippen molar-refractivity contribution in [3.63, 3.8) is 0 Å². The molecular weight excluding hydrogens is 270 g/mol. The molecule has 5 nitrogen and oxygen atoms in total. The molecule has 0 fully saturated rings. The van der Waals surface area contributed by atoms with Crippen molar-refractivity contribution < 1.29 is 19.1 Å². The highest BCUT2D eigenvalue weighted by Crippen LogP contribution is 2.33. The molecule has 0 saturated carbocycles. The molecule has 5 heteroatoms. The Balaban J connectivity index is 2.09. The molecule has 110 valence electrons. The molecule has 0 N–H and O–H groups in total. The summed E-state index contributed by atoms with van der Waals surface area (Å²) < 4.78 is 10.3. The van der Waals surface area contributed by atoms with Gasteiger partial charge in [0, 0.05) is 18.0 Å². The summed E-state index contributed by atoms with van der Waals surface area (Å²) in [5.74, 6) is -0.388. The van der Waals surface area contributed by atoms with E-state index in [-0.39, 0.29) is 6.42 Å². The van der Waals surface area contributed by atoms with Gasteiger partial charge in [0.2, 0.25) is 0 Å². The Hall–Kier alpha value is -2.43. The summed E-state index contributed by atoms with van der Waals surface area (Å²) in [5.41, 5.74) is -0.423. The minimum atomic E-state index is -0.889. The highest BCUT2D eigenvalue weighted by molar-refractivity contribution is 5.92. The van der Waals surface area contributed by atoms with Gasteiger partial charge in [0.25, 0.3) is 0 Å². The molecule has 0 aliphatic heterocycles. The molecule has 1 aliphatic carbocycles. The maximum absolute atomic E-state index is 12.3. The Bertz CT molecular complexity index is 592. The number of ether oxygens (including phenoxy) is 2. The summed E-state index contributed by atoms with van der Waals surface area (Å²) in [6.45, 7) is 3.78. The van der Waals surface area contributed by atoms with Crippen LogP contribution >= 0.6 is 0 Å². The third-order valence-electron chi connectivity index (χ3n) is 3.18. The third kappa shape index (κ3) is 3.56. The zero-order chi connectivity index (χ0) is 15.3. The number of pyridine rings is 1. The van der Waals surface area contributed by atoms with E-state index in [9.17, 15) is 9.59 Å². The highest BCUT2D eigenvalue weighted by atomic mass is 16.5. The van der Waals surface area contributed by atoms with Gasteiger partial charge in [-0.15, -0.1) is 0 Å². The predicted octanol–water partition coefficient (Wildman–Crippen LogP) is 2.44. The first-order valence-corrected chi connectivity index (χ1v) is 6.73. The van der Waals surface area contributed by atoms with Crippen LogP contribution in [0.4, 0.5) is 0 Å². The third-order valence-corrected chi connectivity index (χ3v) is 3.18. The van der Waals surface area contributed by atoms with E-state index in [1.807, 2.05) is 0 Å². The van der Waals surface area contributed by atoms with Crippen molar-refractivity contribution in [1.29, 1.82) is 0 Å². The van der Waals surface area contributed by atoms with E-state index in [2.05, 4.69) is 4.98 Å². The summed E-state index contributed by atoms with van der Waals surface area (Å²) in [6, 6.07) is 3.21. The second kappa shape index (κ2) is 6.35. The van der Waals surface area contributed by atoms with Gasteiger partial charge in [-0.1, -0.05) is 18.2 Å². The highest BCUT2D eigenvalue weighted by Gasteiger charge is 2.37. The number of esters is 2. The molecular formula is C16H17NO4. The number of allylic oxidation sites excluding steroid dienone is 2. The number of hydrogen-bond acceptors (Lipinski definition) is 5. The van der Waals surface area contributed by atoms with Crippen LogP contribution in [-0.4, -0.2) is 23.5 Å². The minimum Gasteiger partial charge on any atom is -0.463 e. The molecule has 1 heterocycles. The monoisotopic (exact) mass is 287 g/mol. The zero-order valence-electron chi connectivity index (χ0n) is 12.0. The standard InChI is InChI=1S/C16H17NO4/c1-3-20-14(18)12-5-4-8-16(2,11-12)15(19)21-13-6-9-17-10-7-13/h4-10H,3,11H2,1-2H3. The van der Waals surface area contributed by atoms with Crippen LogP contribution in [0.15, 0.2) is 48.3 Å². The van der Waals surface area contributed by atoms with E-state index in [1.165, 1.54) is 0 Å². The van der Waals surface area contributed by atoms with Crippen LogP contribution < -0.4 is 4.74 Å². The number of rotatable bonds is 4. The second-order valence-electron chi connectivity index (χ2n) is 4.94. The second-order valence-corrected chi connectivity index (χ2v) is 4.94. The van der Waals surface area contributed by atoms with Gasteiger partial charge in [0.05, 0.1) is 12.0 Å². The summed E-state index contributed by atoms with van der Waals surface area (Å²) in [7, 11) is 0. The first kappa shape index (κ1) is 15.0. The Morgan fingerprint density at radius 2 is 2.05 bits per heavy atom. The van der Waals surface area contributed by atoms with Gasteiger partial charge < -0.3 is 9.47 Å². The molecule has 0 amide bonds. The molecule has 1 atom stereocenters. The van der Waals surface area contributed by atoms with Crippen LogP contribution in [0.25, 0.3) is 0 Å². The van der Waals surface area contributed by atoms with Crippen molar-refractivity contribution >= 4 is 11.9 Å². The Morgan fingerprint density at radius 1 is 1.33 bits per heavy atom. The van der Waals surface area contributed by atoms with Crippen LogP contribution in [0.5, 0.6) is 5.75 Å². The van der Waals surface area contributed by atoms with E-state index >= 15 is 0 Å². The summed E-state index contributed by atoms with van der Waals surface area (Å²) in [4.78, 5) is 28.0. The molecule has 0 radical (unpaired) electrons. The normalized spacial score (nSPS) is 20.6. The molecule has 0 saturated heterocycles. The van der Waals surface area contributed by atoms with Crippen LogP contribution in [0.2, 0.25) is 0 Å². The maximum atomic E-state index is 12.3. The van der Waals surface area contributed by atoms with Crippen molar-refractivity contribution in [3.05, 3.63) is 48.3 Å². The lowest BCUT2D eigenvalue weighted by atomic mass is 9.80. The van der Waals surface area contributed by atoms with E-state index in [1.54, 1.807) is 56.6 Å². The van der Waals surface area contributed by atoms with Crippen molar-refractivity contribution in [3.8, 4) is 5.75 Å². The molecule has 1 aromatic rings. The van der Waals surface area contributed by atoms with Crippen molar-refractivity contribution in [1.82, 2.24) is 4.98 Å². The number of aromatic nitrogens is 1.